The minimum absolute atomic E-state index is 0.142. The standard InChI is InChI=1S/C13H26N2O/c1-10(2)15(11(3)4,13(14)16)12-8-6-5-7-9-12/h10-12H,5-9H2,1-4H3,(H-,14,16)/p+1. The molecular formula is C13H27N2O+. The van der Waals surface area contributed by atoms with Crippen molar-refractivity contribution in [2.45, 2.75) is 77.9 Å². The van der Waals surface area contributed by atoms with Gasteiger partial charge in [0, 0.05) is 12.8 Å². The average Bonchev–Trinajstić information content (AvgIpc) is 2.18. The van der Waals surface area contributed by atoms with Crippen molar-refractivity contribution in [1.82, 2.24) is 0 Å². The van der Waals surface area contributed by atoms with E-state index in [0.717, 1.165) is 12.8 Å². The Morgan fingerprint density at radius 2 is 1.50 bits per heavy atom. The quantitative estimate of drug-likeness (QED) is 0.740. The molecule has 1 saturated carbocycles. The van der Waals surface area contributed by atoms with Crippen molar-refractivity contribution in [1.29, 1.82) is 0 Å². The number of hydrogen-bond donors (Lipinski definition) is 1. The van der Waals surface area contributed by atoms with Gasteiger partial charge >= 0.3 is 6.03 Å². The van der Waals surface area contributed by atoms with Gasteiger partial charge in [-0.3, -0.25) is 0 Å². The summed E-state index contributed by atoms with van der Waals surface area (Å²) in [7, 11) is 0. The van der Waals surface area contributed by atoms with E-state index < -0.39 is 0 Å². The Morgan fingerprint density at radius 3 is 1.81 bits per heavy atom. The number of urea groups is 1. The molecule has 0 saturated heterocycles. The molecule has 2 amide bonds. The fraction of sp³-hybridized carbons (Fsp3) is 0.923. The second-order valence-electron chi connectivity index (χ2n) is 5.65. The molecular weight excluding hydrogens is 200 g/mol. The first-order chi connectivity index (χ1) is 7.44. The second-order valence-corrected chi connectivity index (χ2v) is 5.65. The number of nitrogens with two attached hydrogens (primary N) is 1. The van der Waals surface area contributed by atoms with E-state index in [4.69, 9.17) is 5.73 Å². The molecule has 0 aromatic heterocycles. The van der Waals surface area contributed by atoms with E-state index in [1.807, 2.05) is 0 Å². The molecule has 0 atom stereocenters. The van der Waals surface area contributed by atoms with Crippen molar-refractivity contribution in [3.63, 3.8) is 0 Å². The molecule has 94 valence electrons. The first kappa shape index (κ1) is 13.5. The summed E-state index contributed by atoms with van der Waals surface area (Å²) < 4.78 is 0.472. The van der Waals surface area contributed by atoms with Gasteiger partial charge in [-0.25, -0.2) is 9.28 Å². The van der Waals surface area contributed by atoms with E-state index in [2.05, 4.69) is 27.7 Å². The molecule has 1 rings (SSSR count). The van der Waals surface area contributed by atoms with Crippen LogP contribution in [0.4, 0.5) is 4.79 Å². The third-order valence-electron chi connectivity index (χ3n) is 4.27. The Kier molecular flexibility index (Phi) is 4.36. The summed E-state index contributed by atoms with van der Waals surface area (Å²) in [6.45, 7) is 8.50. The van der Waals surface area contributed by atoms with Gasteiger partial charge in [0.1, 0.15) is 0 Å². The lowest BCUT2D eigenvalue weighted by Crippen LogP contribution is -2.68. The van der Waals surface area contributed by atoms with E-state index in [-0.39, 0.29) is 18.1 Å². The van der Waals surface area contributed by atoms with Crippen LogP contribution in [-0.4, -0.2) is 28.6 Å². The lowest BCUT2D eigenvalue weighted by Gasteiger charge is -2.48. The molecule has 0 spiro atoms. The summed E-state index contributed by atoms with van der Waals surface area (Å²) in [5, 5.41) is 0. The first-order valence-electron chi connectivity index (χ1n) is 6.62. The van der Waals surface area contributed by atoms with Crippen molar-refractivity contribution < 1.29 is 9.28 Å². The predicted octanol–water partition coefficient (Wildman–Crippen LogP) is 3.03. The third kappa shape index (κ3) is 2.10. The van der Waals surface area contributed by atoms with Crippen LogP contribution < -0.4 is 5.73 Å². The second kappa shape index (κ2) is 5.17. The number of carbonyl (C=O) groups excluding carboxylic acids is 1. The zero-order chi connectivity index (χ0) is 12.3. The van der Waals surface area contributed by atoms with E-state index >= 15 is 0 Å². The molecule has 16 heavy (non-hydrogen) atoms. The lowest BCUT2D eigenvalue weighted by atomic mass is 9.89. The molecule has 0 heterocycles. The molecule has 0 unspecified atom stereocenters. The molecule has 3 heteroatoms. The molecule has 2 N–H and O–H groups in total. The number of nitrogens with zero attached hydrogens (tertiary/aromatic N) is 1. The van der Waals surface area contributed by atoms with Crippen molar-refractivity contribution >= 4 is 6.03 Å². The lowest BCUT2D eigenvalue weighted by molar-refractivity contribution is -0.916. The summed E-state index contributed by atoms with van der Waals surface area (Å²) in [4.78, 5) is 12.0. The summed E-state index contributed by atoms with van der Waals surface area (Å²) in [6, 6.07) is 0.851. The zero-order valence-electron chi connectivity index (χ0n) is 11.2. The minimum atomic E-state index is -0.142. The molecule has 0 bridgehead atoms. The monoisotopic (exact) mass is 227 g/mol. The van der Waals surface area contributed by atoms with E-state index in [1.165, 1.54) is 19.3 Å². The van der Waals surface area contributed by atoms with Gasteiger partial charge in [-0.05, 0) is 40.5 Å². The maximum Gasteiger partial charge on any atom is 0.414 e. The molecule has 0 aromatic carbocycles. The third-order valence-corrected chi connectivity index (χ3v) is 4.27. The van der Waals surface area contributed by atoms with Gasteiger partial charge in [-0.2, -0.15) is 0 Å². The van der Waals surface area contributed by atoms with Crippen LogP contribution in [0.15, 0.2) is 0 Å². The molecule has 1 aliphatic carbocycles. The normalized spacial score (nSPS) is 19.4. The minimum Gasteiger partial charge on any atom is -0.319 e. The topological polar surface area (TPSA) is 43.1 Å². The Morgan fingerprint density at radius 1 is 1.06 bits per heavy atom. The number of carbonyl (C=O) groups is 1. The highest BCUT2D eigenvalue weighted by atomic mass is 16.2. The number of primary amides is 1. The molecule has 0 aliphatic heterocycles. The van der Waals surface area contributed by atoms with E-state index in [0.29, 0.717) is 10.5 Å². The summed E-state index contributed by atoms with van der Waals surface area (Å²) >= 11 is 0. The maximum absolute atomic E-state index is 12.0. The highest BCUT2D eigenvalue weighted by Crippen LogP contribution is 2.33. The predicted molar refractivity (Wildman–Crippen MR) is 67.0 cm³/mol. The van der Waals surface area contributed by atoms with Crippen molar-refractivity contribution in [2.24, 2.45) is 5.73 Å². The molecule has 0 aromatic rings. The largest absolute Gasteiger partial charge is 0.414 e. The number of hydrogen-bond acceptors (Lipinski definition) is 1. The summed E-state index contributed by atoms with van der Waals surface area (Å²) in [6.07, 6.45) is 6.11. The maximum atomic E-state index is 12.0. The van der Waals surface area contributed by atoms with Gasteiger partial charge in [0.25, 0.3) is 0 Å². The van der Waals surface area contributed by atoms with Gasteiger partial charge in [-0.1, -0.05) is 6.42 Å². The molecule has 0 radical (unpaired) electrons. The highest BCUT2D eigenvalue weighted by Gasteiger charge is 2.48. The number of amides is 2. The van der Waals surface area contributed by atoms with Gasteiger partial charge in [0.15, 0.2) is 0 Å². The van der Waals surface area contributed by atoms with Gasteiger partial charge in [0.2, 0.25) is 0 Å². The van der Waals surface area contributed by atoms with Gasteiger partial charge in [-0.15, -0.1) is 0 Å². The fourth-order valence-electron chi connectivity index (χ4n) is 3.64. The van der Waals surface area contributed by atoms with Crippen LogP contribution in [-0.2, 0) is 0 Å². The molecule has 1 fully saturated rings. The fourth-order valence-corrected chi connectivity index (χ4v) is 3.64. The first-order valence-corrected chi connectivity index (χ1v) is 6.62. The van der Waals surface area contributed by atoms with Gasteiger partial charge in [0.05, 0.1) is 18.1 Å². The Bertz CT molecular complexity index is 234. The summed E-state index contributed by atoms with van der Waals surface area (Å²) in [5.41, 5.74) is 5.74. The number of rotatable bonds is 3. The van der Waals surface area contributed by atoms with Crippen LogP contribution in [0, 0.1) is 0 Å². The van der Waals surface area contributed by atoms with E-state index in [9.17, 15) is 4.79 Å². The van der Waals surface area contributed by atoms with Gasteiger partial charge < -0.3 is 5.73 Å². The van der Waals surface area contributed by atoms with Crippen LogP contribution in [0.25, 0.3) is 0 Å². The average molecular weight is 227 g/mol. The van der Waals surface area contributed by atoms with Crippen molar-refractivity contribution in [2.75, 3.05) is 0 Å². The van der Waals surface area contributed by atoms with Crippen LogP contribution >= 0.6 is 0 Å². The van der Waals surface area contributed by atoms with Crippen LogP contribution in [0.2, 0.25) is 0 Å². The van der Waals surface area contributed by atoms with Crippen LogP contribution in [0.1, 0.15) is 59.8 Å². The van der Waals surface area contributed by atoms with E-state index in [1.54, 1.807) is 0 Å². The Labute approximate surface area is 99.6 Å². The smallest absolute Gasteiger partial charge is 0.319 e. The highest BCUT2D eigenvalue weighted by molar-refractivity contribution is 5.65. The molecule has 3 nitrogen and oxygen atoms in total. The van der Waals surface area contributed by atoms with Crippen molar-refractivity contribution in [3.8, 4) is 0 Å². The Hall–Kier alpha value is -0.570. The van der Waals surface area contributed by atoms with Crippen LogP contribution in [0.3, 0.4) is 0 Å². The summed E-state index contributed by atoms with van der Waals surface area (Å²) in [5.74, 6) is 0. The van der Waals surface area contributed by atoms with Crippen molar-refractivity contribution in [3.05, 3.63) is 0 Å². The zero-order valence-corrected chi connectivity index (χ0v) is 11.2. The van der Waals surface area contributed by atoms with Crippen LogP contribution in [0.5, 0.6) is 0 Å². The molecule has 1 aliphatic rings. The number of quaternary nitrogens is 1. The Balaban J connectivity index is 3.04. The SMILES string of the molecule is CC(C)[N+](C(N)=O)(C(C)C)C1CCCCC1.